The van der Waals surface area contributed by atoms with E-state index in [1.165, 1.54) is 24.7 Å². The van der Waals surface area contributed by atoms with Gasteiger partial charge in [0, 0.05) is 12.7 Å². The van der Waals surface area contributed by atoms with Crippen molar-refractivity contribution in [3.8, 4) is 0 Å². The van der Waals surface area contributed by atoms with E-state index in [0.717, 1.165) is 34.6 Å². The number of nitrogens with zero attached hydrogens (tertiary/aromatic N) is 2. The second-order valence-electron chi connectivity index (χ2n) is 6.54. The Hall–Kier alpha value is -2.86. The van der Waals surface area contributed by atoms with Crippen LogP contribution in [0.1, 0.15) is 35.6 Å². The van der Waals surface area contributed by atoms with E-state index in [-0.39, 0.29) is 13.3 Å². The van der Waals surface area contributed by atoms with Gasteiger partial charge in [-0.1, -0.05) is 35.5 Å². The summed E-state index contributed by atoms with van der Waals surface area (Å²) in [7, 11) is 1.46. The zero-order chi connectivity index (χ0) is 19.2. The molecule has 0 saturated carbocycles. The molecule has 1 amide bonds. The first-order valence-corrected chi connectivity index (χ1v) is 8.96. The summed E-state index contributed by atoms with van der Waals surface area (Å²) in [5.41, 5.74) is 5.92. The average Bonchev–Trinajstić information content (AvgIpc) is 3.14. The Morgan fingerprint density at radius 1 is 1.19 bits per heavy atom. The van der Waals surface area contributed by atoms with E-state index in [2.05, 4.69) is 23.4 Å². The molecule has 0 saturated heterocycles. The predicted molar refractivity (Wildman–Crippen MR) is 104 cm³/mol. The van der Waals surface area contributed by atoms with E-state index in [1.54, 1.807) is 12.1 Å². The SMILES string of the molecule is COCN(C(=O)O)c1ccccc1CO/N=C(/C)c1ccc2c(c1)CCC2. The number of oxime groups is 1. The summed E-state index contributed by atoms with van der Waals surface area (Å²) in [6.07, 6.45) is 2.40. The fourth-order valence-electron chi connectivity index (χ4n) is 3.30. The largest absolute Gasteiger partial charge is 0.465 e. The molecule has 27 heavy (non-hydrogen) atoms. The molecule has 0 atom stereocenters. The Bertz CT molecular complexity index is 848. The molecular weight excluding hydrogens is 344 g/mol. The number of rotatable bonds is 7. The Morgan fingerprint density at radius 3 is 2.74 bits per heavy atom. The molecule has 1 aliphatic carbocycles. The van der Waals surface area contributed by atoms with E-state index in [4.69, 9.17) is 9.57 Å². The van der Waals surface area contributed by atoms with E-state index in [1.807, 2.05) is 19.1 Å². The van der Waals surface area contributed by atoms with Crippen molar-refractivity contribution in [3.05, 3.63) is 64.7 Å². The summed E-state index contributed by atoms with van der Waals surface area (Å²) in [5, 5.41) is 13.6. The van der Waals surface area contributed by atoms with Gasteiger partial charge >= 0.3 is 6.09 Å². The minimum Gasteiger partial charge on any atom is -0.465 e. The van der Waals surface area contributed by atoms with Gasteiger partial charge in [-0.15, -0.1) is 0 Å². The van der Waals surface area contributed by atoms with Gasteiger partial charge in [-0.05, 0) is 55.0 Å². The fraction of sp³-hybridized carbons (Fsp3) is 0.333. The Labute approximate surface area is 159 Å². The Morgan fingerprint density at radius 2 is 1.96 bits per heavy atom. The number of anilines is 1. The lowest BCUT2D eigenvalue weighted by Gasteiger charge is -2.20. The van der Waals surface area contributed by atoms with Gasteiger partial charge in [0.2, 0.25) is 0 Å². The van der Waals surface area contributed by atoms with Crippen LogP contribution in [0.25, 0.3) is 0 Å². The van der Waals surface area contributed by atoms with Crippen LogP contribution < -0.4 is 4.90 Å². The van der Waals surface area contributed by atoms with Crippen molar-refractivity contribution in [1.29, 1.82) is 0 Å². The third kappa shape index (κ3) is 4.46. The van der Waals surface area contributed by atoms with Crippen molar-refractivity contribution in [3.63, 3.8) is 0 Å². The van der Waals surface area contributed by atoms with Crippen LogP contribution in [0.4, 0.5) is 10.5 Å². The summed E-state index contributed by atoms with van der Waals surface area (Å²) in [6, 6.07) is 13.6. The summed E-state index contributed by atoms with van der Waals surface area (Å²) >= 11 is 0. The van der Waals surface area contributed by atoms with Gasteiger partial charge in [0.25, 0.3) is 0 Å². The number of para-hydroxylation sites is 1. The number of carboxylic acid groups (broad SMARTS) is 1. The second kappa shape index (κ2) is 8.68. The minimum absolute atomic E-state index is 0.0518. The summed E-state index contributed by atoms with van der Waals surface area (Å²) < 4.78 is 4.99. The molecule has 1 aliphatic rings. The van der Waals surface area contributed by atoms with E-state index >= 15 is 0 Å². The monoisotopic (exact) mass is 368 g/mol. The molecule has 1 N–H and O–H groups in total. The lowest BCUT2D eigenvalue weighted by atomic mass is 10.0. The average molecular weight is 368 g/mol. The summed E-state index contributed by atoms with van der Waals surface area (Å²) in [6.45, 7) is 2.03. The molecule has 0 fully saturated rings. The number of hydrogen-bond acceptors (Lipinski definition) is 4. The number of carbonyl (C=O) groups is 1. The number of hydrogen-bond donors (Lipinski definition) is 1. The highest BCUT2D eigenvalue weighted by atomic mass is 16.6. The van der Waals surface area contributed by atoms with Gasteiger partial charge < -0.3 is 14.7 Å². The highest BCUT2D eigenvalue weighted by molar-refractivity contribution is 5.98. The van der Waals surface area contributed by atoms with Gasteiger partial charge in [-0.3, -0.25) is 4.90 Å². The van der Waals surface area contributed by atoms with Gasteiger partial charge in [0.05, 0.1) is 11.4 Å². The van der Waals surface area contributed by atoms with Crippen molar-refractivity contribution in [2.45, 2.75) is 32.8 Å². The number of methoxy groups -OCH3 is 1. The smallest absolute Gasteiger partial charge is 0.413 e. The van der Waals surface area contributed by atoms with Crippen molar-refractivity contribution in [1.82, 2.24) is 0 Å². The topological polar surface area (TPSA) is 71.4 Å². The predicted octanol–water partition coefficient (Wildman–Crippen LogP) is 4.20. The molecule has 0 aromatic heterocycles. The Balaban J connectivity index is 1.71. The van der Waals surface area contributed by atoms with Crippen LogP contribution in [0.2, 0.25) is 0 Å². The normalized spacial score (nSPS) is 13.3. The number of benzene rings is 2. The molecule has 0 heterocycles. The number of amides is 1. The van der Waals surface area contributed by atoms with Gasteiger partial charge in [0.15, 0.2) is 0 Å². The van der Waals surface area contributed by atoms with Crippen molar-refractivity contribution >= 4 is 17.5 Å². The minimum atomic E-state index is -1.08. The molecule has 0 bridgehead atoms. The fourth-order valence-corrected chi connectivity index (χ4v) is 3.30. The number of aryl methyl sites for hydroxylation is 2. The van der Waals surface area contributed by atoms with Crippen LogP contribution in [0, 0.1) is 0 Å². The molecule has 2 aromatic rings. The van der Waals surface area contributed by atoms with Crippen molar-refractivity contribution < 1.29 is 19.5 Å². The van der Waals surface area contributed by atoms with Crippen molar-refractivity contribution in [2.24, 2.45) is 5.16 Å². The number of fused-ring (bicyclic) bond motifs is 1. The maximum atomic E-state index is 11.5. The third-order valence-electron chi connectivity index (χ3n) is 4.71. The molecule has 0 spiro atoms. The quantitative estimate of drug-likeness (QED) is 0.452. The lowest BCUT2D eigenvalue weighted by molar-refractivity contribution is 0.130. The lowest BCUT2D eigenvalue weighted by Crippen LogP contribution is -2.32. The molecule has 0 aliphatic heterocycles. The molecule has 2 aromatic carbocycles. The van der Waals surface area contributed by atoms with Gasteiger partial charge in [0.1, 0.15) is 13.3 Å². The number of ether oxygens (including phenoxy) is 1. The zero-order valence-electron chi connectivity index (χ0n) is 15.6. The maximum absolute atomic E-state index is 11.5. The molecule has 142 valence electrons. The molecule has 0 radical (unpaired) electrons. The van der Waals surface area contributed by atoms with E-state index < -0.39 is 6.09 Å². The first-order valence-electron chi connectivity index (χ1n) is 8.96. The molecule has 6 nitrogen and oxygen atoms in total. The second-order valence-corrected chi connectivity index (χ2v) is 6.54. The van der Waals surface area contributed by atoms with Crippen LogP contribution in [-0.4, -0.2) is 30.8 Å². The van der Waals surface area contributed by atoms with Crippen LogP contribution in [0.15, 0.2) is 47.6 Å². The third-order valence-corrected chi connectivity index (χ3v) is 4.71. The molecular formula is C21H24N2O4. The Kier molecular flexibility index (Phi) is 6.08. The molecule has 0 unspecified atom stereocenters. The van der Waals surface area contributed by atoms with E-state index in [0.29, 0.717) is 5.69 Å². The van der Waals surface area contributed by atoms with Crippen LogP contribution in [0.5, 0.6) is 0 Å². The van der Waals surface area contributed by atoms with Crippen molar-refractivity contribution in [2.75, 3.05) is 18.7 Å². The molecule has 6 heteroatoms. The van der Waals surface area contributed by atoms with Crippen LogP contribution >= 0.6 is 0 Å². The first kappa shape index (κ1) is 18.9. The standard InChI is InChI=1S/C21H24N2O4/c1-15(17-11-10-16-7-5-8-18(16)12-17)22-27-13-19-6-3-4-9-20(19)23(14-26-2)21(24)25/h3-4,6,9-12H,5,7-8,13-14H2,1-2H3,(H,24,25)/b22-15-. The van der Waals surface area contributed by atoms with Crippen LogP contribution in [-0.2, 0) is 29.0 Å². The molecule has 3 rings (SSSR count). The highest BCUT2D eigenvalue weighted by Gasteiger charge is 2.17. The van der Waals surface area contributed by atoms with Gasteiger partial charge in [-0.25, -0.2) is 4.79 Å². The first-order chi connectivity index (χ1) is 13.1. The zero-order valence-corrected chi connectivity index (χ0v) is 15.6. The van der Waals surface area contributed by atoms with Gasteiger partial charge in [-0.2, -0.15) is 0 Å². The maximum Gasteiger partial charge on any atom is 0.413 e. The highest BCUT2D eigenvalue weighted by Crippen LogP contribution is 2.24. The van der Waals surface area contributed by atoms with E-state index in [9.17, 15) is 9.90 Å². The van der Waals surface area contributed by atoms with Crippen LogP contribution in [0.3, 0.4) is 0 Å². The summed E-state index contributed by atoms with van der Waals surface area (Å²) in [5.74, 6) is 0. The summed E-state index contributed by atoms with van der Waals surface area (Å²) in [4.78, 5) is 18.1.